The standard InChI is InChI=1S/C14H15N5O2S2/c20-19(21)13-12(17-14-18(13)7-8-22-14)15-6-5-11-16-9-3-1-2-4-10(9)23-11/h7-8,15H,1-6H2. The number of rotatable bonds is 5. The van der Waals surface area contributed by atoms with E-state index in [-0.39, 0.29) is 5.82 Å². The molecule has 1 N–H and O–H groups in total. The molecule has 1 aliphatic rings. The zero-order chi connectivity index (χ0) is 15.8. The van der Waals surface area contributed by atoms with Gasteiger partial charge in [0.15, 0.2) is 0 Å². The molecular formula is C14H15N5O2S2. The molecule has 120 valence electrons. The van der Waals surface area contributed by atoms with Crippen LogP contribution in [0.15, 0.2) is 11.6 Å². The molecule has 0 bridgehead atoms. The van der Waals surface area contributed by atoms with E-state index in [1.54, 1.807) is 22.9 Å². The highest BCUT2D eigenvalue weighted by atomic mass is 32.1. The topological polar surface area (TPSA) is 85.4 Å². The van der Waals surface area contributed by atoms with Crippen LogP contribution in [0.1, 0.15) is 28.4 Å². The number of imidazole rings is 1. The van der Waals surface area contributed by atoms with Crippen LogP contribution in [-0.2, 0) is 19.3 Å². The third kappa shape index (κ3) is 2.70. The Morgan fingerprint density at radius 2 is 2.22 bits per heavy atom. The Balaban J connectivity index is 1.47. The SMILES string of the molecule is O=[N+]([O-])c1c(NCCc2nc3c(s2)CCCC3)nc2sccn12. The van der Waals surface area contributed by atoms with Gasteiger partial charge in [0.1, 0.15) is 6.20 Å². The largest absolute Gasteiger partial charge is 0.372 e. The molecule has 4 rings (SSSR count). The van der Waals surface area contributed by atoms with Crippen LogP contribution in [0.4, 0.5) is 11.6 Å². The Morgan fingerprint density at radius 1 is 1.35 bits per heavy atom. The van der Waals surface area contributed by atoms with E-state index in [9.17, 15) is 10.1 Å². The third-order valence-electron chi connectivity index (χ3n) is 3.93. The normalized spacial score (nSPS) is 14.1. The summed E-state index contributed by atoms with van der Waals surface area (Å²) >= 11 is 3.16. The molecule has 0 amide bonds. The fraction of sp³-hybridized carbons (Fsp3) is 0.429. The van der Waals surface area contributed by atoms with E-state index in [2.05, 4.69) is 10.3 Å². The summed E-state index contributed by atoms with van der Waals surface area (Å²) in [7, 11) is 0. The van der Waals surface area contributed by atoms with Crippen LogP contribution < -0.4 is 5.32 Å². The second kappa shape index (κ2) is 5.89. The number of hydrogen-bond donors (Lipinski definition) is 1. The van der Waals surface area contributed by atoms with Gasteiger partial charge in [-0.1, -0.05) is 11.3 Å². The van der Waals surface area contributed by atoms with Gasteiger partial charge in [0.25, 0.3) is 4.96 Å². The van der Waals surface area contributed by atoms with Crippen LogP contribution in [0.2, 0.25) is 0 Å². The van der Waals surface area contributed by atoms with Crippen LogP contribution in [-0.4, -0.2) is 25.8 Å². The molecule has 0 aromatic carbocycles. The first-order valence-corrected chi connectivity index (χ1v) is 9.23. The number of hydrogen-bond acceptors (Lipinski definition) is 7. The van der Waals surface area contributed by atoms with Crippen molar-refractivity contribution in [3.8, 4) is 0 Å². The second-order valence-electron chi connectivity index (χ2n) is 5.46. The van der Waals surface area contributed by atoms with Gasteiger partial charge in [0.05, 0.1) is 10.7 Å². The first kappa shape index (κ1) is 14.6. The highest BCUT2D eigenvalue weighted by Crippen LogP contribution is 2.29. The molecule has 0 aliphatic heterocycles. The van der Waals surface area contributed by atoms with E-state index in [0.29, 0.717) is 17.3 Å². The van der Waals surface area contributed by atoms with Crippen molar-refractivity contribution in [1.29, 1.82) is 0 Å². The molecule has 0 fully saturated rings. The average molecular weight is 349 g/mol. The van der Waals surface area contributed by atoms with Crippen LogP contribution in [0.5, 0.6) is 0 Å². The Hall–Kier alpha value is -2.00. The minimum Gasteiger partial charge on any atom is -0.363 e. The third-order valence-corrected chi connectivity index (χ3v) is 5.90. The molecule has 0 radical (unpaired) electrons. The number of aryl methyl sites for hydroxylation is 2. The molecule has 9 heteroatoms. The van der Waals surface area contributed by atoms with Gasteiger partial charge in [-0.2, -0.15) is 9.38 Å². The quantitative estimate of drug-likeness (QED) is 0.564. The van der Waals surface area contributed by atoms with Gasteiger partial charge >= 0.3 is 5.82 Å². The predicted octanol–water partition coefficient (Wildman–Crippen LogP) is 3.29. The maximum absolute atomic E-state index is 11.3. The van der Waals surface area contributed by atoms with Crippen molar-refractivity contribution in [2.45, 2.75) is 32.1 Å². The van der Waals surface area contributed by atoms with Crippen LogP contribution in [0.3, 0.4) is 0 Å². The molecule has 3 aromatic rings. The molecule has 3 heterocycles. The molecule has 0 saturated carbocycles. The maximum atomic E-state index is 11.3. The number of aromatic nitrogens is 3. The lowest BCUT2D eigenvalue weighted by atomic mass is 10.0. The minimum absolute atomic E-state index is 0.000293. The average Bonchev–Trinajstić information content (AvgIpc) is 3.19. The molecule has 23 heavy (non-hydrogen) atoms. The van der Waals surface area contributed by atoms with Gasteiger partial charge < -0.3 is 15.4 Å². The summed E-state index contributed by atoms with van der Waals surface area (Å²) in [4.78, 5) is 21.9. The van der Waals surface area contributed by atoms with Crippen molar-refractivity contribution < 1.29 is 4.92 Å². The molecule has 7 nitrogen and oxygen atoms in total. The van der Waals surface area contributed by atoms with Crippen molar-refractivity contribution in [2.75, 3.05) is 11.9 Å². The number of fused-ring (bicyclic) bond motifs is 2. The Kier molecular flexibility index (Phi) is 3.74. The van der Waals surface area contributed by atoms with E-state index < -0.39 is 4.92 Å². The van der Waals surface area contributed by atoms with Gasteiger partial charge in [0, 0.05) is 23.2 Å². The Morgan fingerprint density at radius 3 is 3.04 bits per heavy atom. The second-order valence-corrected chi connectivity index (χ2v) is 7.50. The van der Waals surface area contributed by atoms with Gasteiger partial charge in [-0.05, 0) is 30.6 Å². The number of nitro groups is 1. The van der Waals surface area contributed by atoms with E-state index in [4.69, 9.17) is 4.98 Å². The fourth-order valence-electron chi connectivity index (χ4n) is 2.87. The van der Waals surface area contributed by atoms with Gasteiger partial charge in [-0.25, -0.2) is 4.98 Å². The lowest BCUT2D eigenvalue weighted by Crippen LogP contribution is -2.07. The lowest BCUT2D eigenvalue weighted by Gasteiger charge is -2.06. The lowest BCUT2D eigenvalue weighted by molar-refractivity contribution is -0.389. The van der Waals surface area contributed by atoms with Crippen LogP contribution in [0, 0.1) is 10.1 Å². The van der Waals surface area contributed by atoms with Crippen LogP contribution >= 0.6 is 22.7 Å². The number of thiazole rings is 2. The summed E-state index contributed by atoms with van der Waals surface area (Å²) in [5.41, 5.74) is 1.25. The minimum atomic E-state index is -0.392. The molecule has 0 spiro atoms. The number of nitrogens with one attached hydrogen (secondary N) is 1. The summed E-state index contributed by atoms with van der Waals surface area (Å²) in [6.45, 7) is 0.595. The summed E-state index contributed by atoms with van der Waals surface area (Å²) in [6.07, 6.45) is 7.15. The van der Waals surface area contributed by atoms with Gasteiger partial charge in [-0.3, -0.25) is 0 Å². The Bertz CT molecular complexity index is 842. The number of anilines is 1. The first-order valence-electron chi connectivity index (χ1n) is 7.53. The highest BCUT2D eigenvalue weighted by Gasteiger charge is 2.23. The molecule has 1 aliphatic carbocycles. The molecule has 0 saturated heterocycles. The summed E-state index contributed by atoms with van der Waals surface area (Å²) < 4.78 is 1.51. The van der Waals surface area contributed by atoms with Crippen molar-refractivity contribution in [1.82, 2.24) is 14.4 Å². The van der Waals surface area contributed by atoms with Crippen molar-refractivity contribution >= 4 is 39.3 Å². The van der Waals surface area contributed by atoms with E-state index >= 15 is 0 Å². The highest BCUT2D eigenvalue weighted by molar-refractivity contribution is 7.15. The molecule has 0 unspecified atom stereocenters. The van der Waals surface area contributed by atoms with Gasteiger partial charge in [-0.15, -0.1) is 11.3 Å². The predicted molar refractivity (Wildman–Crippen MR) is 90.7 cm³/mol. The zero-order valence-corrected chi connectivity index (χ0v) is 14.0. The van der Waals surface area contributed by atoms with Crippen molar-refractivity contribution in [3.05, 3.63) is 37.3 Å². The van der Waals surface area contributed by atoms with Crippen LogP contribution in [0.25, 0.3) is 4.96 Å². The molecule has 0 atom stereocenters. The maximum Gasteiger partial charge on any atom is 0.372 e. The summed E-state index contributed by atoms with van der Waals surface area (Å²) in [5.74, 6) is 0.336. The van der Waals surface area contributed by atoms with E-state index in [1.165, 1.54) is 39.2 Å². The summed E-state index contributed by atoms with van der Waals surface area (Å²) in [6, 6.07) is 0. The fourth-order valence-corrected chi connectivity index (χ4v) is 4.73. The van der Waals surface area contributed by atoms with Crippen molar-refractivity contribution in [2.24, 2.45) is 0 Å². The van der Waals surface area contributed by atoms with Gasteiger partial charge in [0.2, 0.25) is 5.82 Å². The Labute approximate surface area is 140 Å². The summed E-state index contributed by atoms with van der Waals surface area (Å²) in [5, 5.41) is 17.3. The molecular weight excluding hydrogens is 334 g/mol. The van der Waals surface area contributed by atoms with Crippen molar-refractivity contribution in [3.63, 3.8) is 0 Å². The van der Waals surface area contributed by atoms with E-state index in [0.717, 1.165) is 24.3 Å². The molecule has 3 aromatic heterocycles. The zero-order valence-electron chi connectivity index (χ0n) is 12.3. The number of nitrogens with zero attached hydrogens (tertiary/aromatic N) is 4. The monoisotopic (exact) mass is 349 g/mol. The first-order chi connectivity index (χ1) is 11.2. The van der Waals surface area contributed by atoms with E-state index in [1.807, 2.05) is 0 Å². The smallest absolute Gasteiger partial charge is 0.363 e.